The van der Waals surface area contributed by atoms with Crippen LogP contribution < -0.4 is 10.4 Å². The summed E-state index contributed by atoms with van der Waals surface area (Å²) in [6.07, 6.45) is 2.22. The molecule has 0 saturated carbocycles. The first-order valence-corrected chi connectivity index (χ1v) is 4.57. The van der Waals surface area contributed by atoms with Crippen molar-refractivity contribution < 1.29 is 0 Å². The normalized spacial score (nSPS) is 21.2. The lowest BCUT2D eigenvalue weighted by atomic mass is 10.2. The number of rotatable bonds is 1. The third-order valence-corrected chi connectivity index (χ3v) is 2.23. The fourth-order valence-corrected chi connectivity index (χ4v) is 1.65. The second-order valence-corrected chi connectivity index (χ2v) is 3.41. The van der Waals surface area contributed by atoms with E-state index in [-0.39, 0.29) is 0 Å². The molecule has 68 valence electrons. The molecule has 0 aliphatic carbocycles. The Bertz CT molecular complexity index is 316. The molecule has 2 rings (SSSR count). The first kappa shape index (κ1) is 8.17. The molecule has 1 unspecified atom stereocenters. The fourth-order valence-electron chi connectivity index (χ4n) is 1.65. The maximum absolute atomic E-state index is 3.31. The summed E-state index contributed by atoms with van der Waals surface area (Å²) in [7, 11) is 0. The third kappa shape index (κ3) is 1.52. The number of anilines is 1. The van der Waals surface area contributed by atoms with Crippen LogP contribution in [0.3, 0.4) is 0 Å². The summed E-state index contributed by atoms with van der Waals surface area (Å²) in [5, 5.41) is 2.16. The molecular weight excluding hydrogens is 160 g/mol. The van der Waals surface area contributed by atoms with E-state index in [1.165, 1.54) is 11.4 Å². The zero-order chi connectivity index (χ0) is 9.26. The first-order chi connectivity index (χ1) is 6.27. The Hall–Kier alpha value is -1.44. The molecule has 1 aliphatic heterocycles. The summed E-state index contributed by atoms with van der Waals surface area (Å²) in [4.78, 5) is 0. The molecular formula is C11H14N2. The molecule has 13 heavy (non-hydrogen) atoms. The first-order valence-electron chi connectivity index (χ1n) is 4.57. The van der Waals surface area contributed by atoms with E-state index in [2.05, 4.69) is 54.6 Å². The predicted molar refractivity (Wildman–Crippen MR) is 55.3 cm³/mol. The van der Waals surface area contributed by atoms with Gasteiger partial charge in [0.25, 0.3) is 0 Å². The maximum atomic E-state index is 3.31. The highest BCUT2D eigenvalue weighted by Crippen LogP contribution is 2.19. The van der Waals surface area contributed by atoms with Crippen molar-refractivity contribution >= 4 is 5.69 Å². The van der Waals surface area contributed by atoms with Crippen molar-refractivity contribution in [1.29, 1.82) is 0 Å². The largest absolute Gasteiger partial charge is 0.303 e. The summed E-state index contributed by atoms with van der Waals surface area (Å²) in [6, 6.07) is 10.8. The van der Waals surface area contributed by atoms with Gasteiger partial charge in [-0.2, -0.15) is 0 Å². The minimum absolute atomic E-state index is 0.433. The molecule has 1 aromatic carbocycles. The van der Waals surface area contributed by atoms with E-state index in [1.54, 1.807) is 0 Å². The second kappa shape index (κ2) is 3.13. The van der Waals surface area contributed by atoms with Crippen LogP contribution in [0, 0.1) is 0 Å². The average molecular weight is 174 g/mol. The van der Waals surface area contributed by atoms with Gasteiger partial charge in [0.15, 0.2) is 0 Å². The van der Waals surface area contributed by atoms with Gasteiger partial charge in [-0.15, -0.1) is 0 Å². The van der Waals surface area contributed by atoms with Gasteiger partial charge >= 0.3 is 0 Å². The molecule has 0 saturated heterocycles. The molecule has 1 aliphatic rings. The number of hydrogen-bond acceptors (Lipinski definition) is 2. The topological polar surface area (TPSA) is 15.3 Å². The van der Waals surface area contributed by atoms with E-state index in [1.807, 2.05) is 6.07 Å². The highest BCUT2D eigenvalue weighted by atomic mass is 15.5. The maximum Gasteiger partial charge on any atom is 0.0676 e. The minimum Gasteiger partial charge on any atom is -0.303 e. The van der Waals surface area contributed by atoms with Crippen LogP contribution in [0.25, 0.3) is 0 Å². The Morgan fingerprint density at radius 2 is 1.92 bits per heavy atom. The van der Waals surface area contributed by atoms with Crippen molar-refractivity contribution in [2.75, 3.05) is 5.01 Å². The quantitative estimate of drug-likeness (QED) is 0.702. The molecule has 2 nitrogen and oxygen atoms in total. The van der Waals surface area contributed by atoms with E-state index in [0.29, 0.717) is 6.04 Å². The SMILES string of the molecule is CC1=CC(C)N(c2ccccc2)N1. The van der Waals surface area contributed by atoms with Crippen LogP contribution in [0.15, 0.2) is 42.1 Å². The van der Waals surface area contributed by atoms with Crippen molar-refractivity contribution in [3.05, 3.63) is 42.1 Å². The van der Waals surface area contributed by atoms with Gasteiger partial charge in [0.05, 0.1) is 11.7 Å². The van der Waals surface area contributed by atoms with Gasteiger partial charge in [0.2, 0.25) is 0 Å². The fraction of sp³-hybridized carbons (Fsp3) is 0.273. The van der Waals surface area contributed by atoms with Crippen molar-refractivity contribution in [3.8, 4) is 0 Å². The predicted octanol–water partition coefficient (Wildman–Crippen LogP) is 2.30. The molecule has 2 heteroatoms. The van der Waals surface area contributed by atoms with Crippen LogP contribution in [0.5, 0.6) is 0 Å². The van der Waals surface area contributed by atoms with Gasteiger partial charge < -0.3 is 5.43 Å². The third-order valence-electron chi connectivity index (χ3n) is 2.23. The molecule has 0 amide bonds. The highest BCUT2D eigenvalue weighted by Gasteiger charge is 2.17. The van der Waals surface area contributed by atoms with E-state index < -0.39 is 0 Å². The van der Waals surface area contributed by atoms with Crippen molar-refractivity contribution in [2.45, 2.75) is 19.9 Å². The Labute approximate surface area is 78.8 Å². The summed E-state index contributed by atoms with van der Waals surface area (Å²) in [5.74, 6) is 0. The minimum atomic E-state index is 0.433. The number of nitrogens with zero attached hydrogens (tertiary/aromatic N) is 1. The zero-order valence-electron chi connectivity index (χ0n) is 7.99. The average Bonchev–Trinajstić information content (AvgIpc) is 2.47. The molecule has 0 bridgehead atoms. The number of benzene rings is 1. The summed E-state index contributed by atoms with van der Waals surface area (Å²) in [6.45, 7) is 4.26. The van der Waals surface area contributed by atoms with Gasteiger partial charge in [-0.05, 0) is 32.1 Å². The summed E-state index contributed by atoms with van der Waals surface area (Å²) < 4.78 is 0. The molecule has 0 radical (unpaired) electrons. The Morgan fingerprint density at radius 1 is 1.23 bits per heavy atom. The molecule has 1 atom stereocenters. The molecule has 1 aromatic rings. The molecule has 1 heterocycles. The Kier molecular flexibility index (Phi) is 1.97. The molecule has 0 fully saturated rings. The van der Waals surface area contributed by atoms with Crippen molar-refractivity contribution in [3.63, 3.8) is 0 Å². The number of para-hydroxylation sites is 1. The number of hydrazine groups is 1. The van der Waals surface area contributed by atoms with Gasteiger partial charge in [-0.25, -0.2) is 0 Å². The smallest absolute Gasteiger partial charge is 0.0676 e. The van der Waals surface area contributed by atoms with Crippen LogP contribution in [0.4, 0.5) is 5.69 Å². The van der Waals surface area contributed by atoms with Crippen LogP contribution in [-0.4, -0.2) is 6.04 Å². The second-order valence-electron chi connectivity index (χ2n) is 3.41. The van der Waals surface area contributed by atoms with E-state index in [4.69, 9.17) is 0 Å². The van der Waals surface area contributed by atoms with Gasteiger partial charge in [-0.1, -0.05) is 18.2 Å². The van der Waals surface area contributed by atoms with Gasteiger partial charge in [-0.3, -0.25) is 5.01 Å². The van der Waals surface area contributed by atoms with Crippen LogP contribution in [0.1, 0.15) is 13.8 Å². The number of allylic oxidation sites excluding steroid dienone is 1. The summed E-state index contributed by atoms with van der Waals surface area (Å²) >= 11 is 0. The lowest BCUT2D eigenvalue weighted by Crippen LogP contribution is -2.36. The summed E-state index contributed by atoms with van der Waals surface area (Å²) in [5.41, 5.74) is 5.74. The lowest BCUT2D eigenvalue weighted by Gasteiger charge is -2.24. The number of hydrogen-bond donors (Lipinski definition) is 1. The Morgan fingerprint density at radius 3 is 2.46 bits per heavy atom. The van der Waals surface area contributed by atoms with Crippen molar-refractivity contribution in [2.24, 2.45) is 0 Å². The van der Waals surface area contributed by atoms with Gasteiger partial charge in [0.1, 0.15) is 0 Å². The number of nitrogens with one attached hydrogen (secondary N) is 1. The van der Waals surface area contributed by atoms with E-state index in [0.717, 1.165) is 0 Å². The van der Waals surface area contributed by atoms with E-state index >= 15 is 0 Å². The molecule has 0 aromatic heterocycles. The lowest BCUT2D eigenvalue weighted by molar-refractivity contribution is 0.713. The highest BCUT2D eigenvalue weighted by molar-refractivity contribution is 5.49. The Balaban J connectivity index is 2.21. The van der Waals surface area contributed by atoms with Crippen LogP contribution in [0.2, 0.25) is 0 Å². The molecule has 1 N–H and O–H groups in total. The van der Waals surface area contributed by atoms with Crippen molar-refractivity contribution in [1.82, 2.24) is 5.43 Å². The molecule has 0 spiro atoms. The zero-order valence-corrected chi connectivity index (χ0v) is 7.99. The standard InChI is InChI=1S/C11H14N2/c1-9-8-10(2)13(12-9)11-6-4-3-5-7-11/h3-8,10,12H,1-2H3. The van der Waals surface area contributed by atoms with E-state index in [9.17, 15) is 0 Å². The monoisotopic (exact) mass is 174 g/mol. The van der Waals surface area contributed by atoms with Crippen LogP contribution in [-0.2, 0) is 0 Å². The van der Waals surface area contributed by atoms with Crippen LogP contribution >= 0.6 is 0 Å². The van der Waals surface area contributed by atoms with Gasteiger partial charge in [0, 0.05) is 5.70 Å².